The minimum absolute atomic E-state index is 0.389. The minimum atomic E-state index is 0.389. The number of nitrogens with zero attached hydrogens (tertiary/aromatic N) is 2. The van der Waals surface area contributed by atoms with E-state index in [2.05, 4.69) is 48.2 Å². The molecule has 0 aliphatic carbocycles. The summed E-state index contributed by atoms with van der Waals surface area (Å²) in [5.41, 5.74) is 8.16. The number of imidazole rings is 1. The van der Waals surface area contributed by atoms with Gasteiger partial charge >= 0.3 is 0 Å². The number of aromatic nitrogens is 2. The Labute approximate surface area is 125 Å². The number of para-hydroxylation sites is 2. The first-order valence-electron chi connectivity index (χ1n) is 7.44. The molecule has 0 saturated heterocycles. The Balaban J connectivity index is 2.04. The molecule has 0 radical (unpaired) electrons. The summed E-state index contributed by atoms with van der Waals surface area (Å²) in [6, 6.07) is 8.15. The molecule has 1 atom stereocenters. The van der Waals surface area contributed by atoms with Crippen LogP contribution in [0.15, 0.2) is 24.3 Å². The highest BCUT2D eigenvalue weighted by Crippen LogP contribution is 2.33. The first-order valence-corrected chi connectivity index (χ1v) is 8.43. The van der Waals surface area contributed by atoms with Crippen LogP contribution in [0.25, 0.3) is 11.0 Å². The van der Waals surface area contributed by atoms with Gasteiger partial charge in [-0.25, -0.2) is 4.98 Å². The first kappa shape index (κ1) is 15.2. The quantitative estimate of drug-likeness (QED) is 0.826. The number of aryl methyl sites for hydroxylation is 1. The Morgan fingerprint density at radius 3 is 2.75 bits per heavy atom. The molecule has 1 aromatic heterocycles. The van der Waals surface area contributed by atoms with Gasteiger partial charge in [0.2, 0.25) is 5.95 Å². The summed E-state index contributed by atoms with van der Waals surface area (Å²) in [4.78, 5) is 4.42. The Morgan fingerprint density at radius 2 is 2.05 bits per heavy atom. The average molecular weight is 291 g/mol. The Kier molecular flexibility index (Phi) is 4.97. The molecule has 0 aliphatic heterocycles. The molecule has 2 N–H and O–H groups in total. The lowest BCUT2D eigenvalue weighted by molar-refractivity contribution is 0.558. The summed E-state index contributed by atoms with van der Waals surface area (Å²) >= 11 is 2.06. The van der Waals surface area contributed by atoms with E-state index in [-0.39, 0.29) is 0 Å². The number of nitrogen functional groups attached to an aromatic ring is 1. The van der Waals surface area contributed by atoms with Crippen molar-refractivity contribution >= 4 is 28.7 Å². The number of benzene rings is 1. The fourth-order valence-electron chi connectivity index (χ4n) is 2.59. The summed E-state index contributed by atoms with van der Waals surface area (Å²) in [6.07, 6.45) is 3.73. The molecule has 1 heterocycles. The zero-order valence-electron chi connectivity index (χ0n) is 12.7. The predicted molar refractivity (Wildman–Crippen MR) is 90.2 cm³/mol. The van der Waals surface area contributed by atoms with Gasteiger partial charge in [-0.15, -0.1) is 0 Å². The maximum Gasteiger partial charge on any atom is 0.201 e. The number of hydrogen-bond donors (Lipinski definition) is 1. The van der Waals surface area contributed by atoms with E-state index in [1.54, 1.807) is 0 Å². The van der Waals surface area contributed by atoms with E-state index in [0.717, 1.165) is 23.3 Å². The van der Waals surface area contributed by atoms with Crippen LogP contribution in [-0.2, 0) is 6.54 Å². The average Bonchev–Trinajstić information content (AvgIpc) is 2.75. The zero-order valence-corrected chi connectivity index (χ0v) is 13.5. The van der Waals surface area contributed by atoms with Crippen LogP contribution in [0, 0.1) is 0 Å². The van der Waals surface area contributed by atoms with Gasteiger partial charge in [0.1, 0.15) is 0 Å². The van der Waals surface area contributed by atoms with Crippen LogP contribution in [-0.4, -0.2) is 20.1 Å². The highest BCUT2D eigenvalue weighted by molar-refractivity contribution is 8.00. The molecule has 1 unspecified atom stereocenters. The second-order valence-electron chi connectivity index (χ2n) is 5.51. The lowest BCUT2D eigenvalue weighted by Crippen LogP contribution is -2.20. The SMILES string of the molecule is CCCC(C)(CC)SCCn1c(N)nc2ccccc21. The maximum absolute atomic E-state index is 6.04. The molecule has 1 aromatic carbocycles. The number of hydrogen-bond acceptors (Lipinski definition) is 3. The second-order valence-corrected chi connectivity index (χ2v) is 7.19. The molecule has 2 aromatic rings. The first-order chi connectivity index (χ1) is 9.59. The van der Waals surface area contributed by atoms with Crippen molar-refractivity contribution in [3.8, 4) is 0 Å². The second kappa shape index (κ2) is 6.53. The largest absolute Gasteiger partial charge is 0.369 e. The van der Waals surface area contributed by atoms with Crippen LogP contribution < -0.4 is 5.73 Å². The maximum atomic E-state index is 6.04. The Hall–Kier alpha value is -1.16. The highest BCUT2D eigenvalue weighted by Gasteiger charge is 2.21. The van der Waals surface area contributed by atoms with Gasteiger partial charge in [-0.1, -0.05) is 39.3 Å². The van der Waals surface area contributed by atoms with E-state index < -0.39 is 0 Å². The van der Waals surface area contributed by atoms with Gasteiger partial charge in [0.15, 0.2) is 0 Å². The van der Waals surface area contributed by atoms with Crippen molar-refractivity contribution in [2.24, 2.45) is 0 Å². The molecule has 0 fully saturated rings. The molecule has 2 rings (SSSR count). The molecule has 0 spiro atoms. The molecule has 0 saturated carbocycles. The van der Waals surface area contributed by atoms with Crippen molar-refractivity contribution in [2.75, 3.05) is 11.5 Å². The van der Waals surface area contributed by atoms with Crippen LogP contribution in [0.5, 0.6) is 0 Å². The molecular weight excluding hydrogens is 266 g/mol. The molecular formula is C16H25N3S. The summed E-state index contributed by atoms with van der Waals surface area (Å²) in [7, 11) is 0. The standard InChI is InChI=1S/C16H25N3S/c1-4-10-16(3,5-2)20-12-11-19-14-9-7-6-8-13(14)18-15(19)17/h6-9H,4-5,10-12H2,1-3H3,(H2,17,18). The summed E-state index contributed by atoms with van der Waals surface area (Å²) in [5.74, 6) is 1.70. The third-order valence-electron chi connectivity index (χ3n) is 3.98. The molecule has 20 heavy (non-hydrogen) atoms. The van der Waals surface area contributed by atoms with Gasteiger partial charge < -0.3 is 10.3 Å². The smallest absolute Gasteiger partial charge is 0.201 e. The third kappa shape index (κ3) is 3.29. The molecule has 0 bridgehead atoms. The lowest BCUT2D eigenvalue weighted by Gasteiger charge is -2.27. The van der Waals surface area contributed by atoms with E-state index in [1.807, 2.05) is 18.2 Å². The predicted octanol–water partition coefficient (Wildman–Crippen LogP) is 4.32. The lowest BCUT2D eigenvalue weighted by atomic mass is 10.0. The highest BCUT2D eigenvalue weighted by atomic mass is 32.2. The van der Waals surface area contributed by atoms with Gasteiger partial charge in [0.05, 0.1) is 11.0 Å². The van der Waals surface area contributed by atoms with Crippen LogP contribution in [0.2, 0.25) is 0 Å². The minimum Gasteiger partial charge on any atom is -0.369 e. The number of fused-ring (bicyclic) bond motifs is 1. The van der Waals surface area contributed by atoms with Crippen molar-refractivity contribution < 1.29 is 0 Å². The van der Waals surface area contributed by atoms with Crippen LogP contribution in [0.1, 0.15) is 40.0 Å². The van der Waals surface area contributed by atoms with E-state index in [9.17, 15) is 0 Å². The van der Waals surface area contributed by atoms with Crippen molar-refractivity contribution in [1.29, 1.82) is 0 Å². The van der Waals surface area contributed by atoms with E-state index >= 15 is 0 Å². The van der Waals surface area contributed by atoms with E-state index in [0.29, 0.717) is 10.7 Å². The van der Waals surface area contributed by atoms with E-state index in [1.165, 1.54) is 19.3 Å². The van der Waals surface area contributed by atoms with Crippen molar-refractivity contribution in [3.05, 3.63) is 24.3 Å². The number of nitrogens with two attached hydrogens (primary N) is 1. The van der Waals surface area contributed by atoms with Gasteiger partial charge in [0.25, 0.3) is 0 Å². The molecule has 110 valence electrons. The van der Waals surface area contributed by atoms with Crippen LogP contribution in [0.4, 0.5) is 5.95 Å². The fraction of sp³-hybridized carbons (Fsp3) is 0.562. The van der Waals surface area contributed by atoms with E-state index in [4.69, 9.17) is 5.73 Å². The fourth-order valence-corrected chi connectivity index (χ4v) is 3.91. The molecule has 3 nitrogen and oxygen atoms in total. The van der Waals surface area contributed by atoms with Crippen molar-refractivity contribution in [3.63, 3.8) is 0 Å². The third-order valence-corrected chi connectivity index (χ3v) is 5.55. The Bertz CT molecular complexity index is 564. The topological polar surface area (TPSA) is 43.8 Å². The molecule has 0 amide bonds. The van der Waals surface area contributed by atoms with Crippen molar-refractivity contribution in [1.82, 2.24) is 9.55 Å². The monoisotopic (exact) mass is 291 g/mol. The summed E-state index contributed by atoms with van der Waals surface area (Å²) < 4.78 is 2.52. The zero-order chi connectivity index (χ0) is 14.6. The summed E-state index contributed by atoms with van der Waals surface area (Å²) in [6.45, 7) is 7.84. The molecule has 0 aliphatic rings. The van der Waals surface area contributed by atoms with Gasteiger partial charge in [-0.2, -0.15) is 11.8 Å². The van der Waals surface area contributed by atoms with Crippen LogP contribution >= 0.6 is 11.8 Å². The number of anilines is 1. The number of thioether (sulfide) groups is 1. The molecule has 4 heteroatoms. The van der Waals surface area contributed by atoms with Gasteiger partial charge in [-0.3, -0.25) is 0 Å². The van der Waals surface area contributed by atoms with Crippen LogP contribution in [0.3, 0.4) is 0 Å². The van der Waals surface area contributed by atoms with Gasteiger partial charge in [0, 0.05) is 17.0 Å². The normalized spacial score (nSPS) is 14.6. The summed E-state index contributed by atoms with van der Waals surface area (Å²) in [5, 5.41) is 0. The Morgan fingerprint density at radius 1 is 1.30 bits per heavy atom. The van der Waals surface area contributed by atoms with Gasteiger partial charge in [-0.05, 0) is 25.0 Å². The van der Waals surface area contributed by atoms with Crippen molar-refractivity contribution in [2.45, 2.75) is 51.3 Å². The number of rotatable bonds is 7.